The van der Waals surface area contributed by atoms with Crippen molar-refractivity contribution >= 4 is 11.4 Å². The molecule has 4 heteroatoms. The van der Waals surface area contributed by atoms with Crippen molar-refractivity contribution in [1.29, 1.82) is 0 Å². The first-order valence-electron chi connectivity index (χ1n) is 5.62. The molecular formula is C12H18N2O2. The van der Waals surface area contributed by atoms with Crippen LogP contribution in [-0.4, -0.2) is 11.0 Å². The summed E-state index contributed by atoms with van der Waals surface area (Å²) in [5.74, 6) is 0. The summed E-state index contributed by atoms with van der Waals surface area (Å²) < 4.78 is 0. The summed E-state index contributed by atoms with van der Waals surface area (Å²) in [7, 11) is 0. The van der Waals surface area contributed by atoms with E-state index in [1.54, 1.807) is 6.07 Å². The molecule has 1 atom stereocenters. The number of aryl methyl sites for hydroxylation is 1. The second-order valence-corrected chi connectivity index (χ2v) is 3.91. The summed E-state index contributed by atoms with van der Waals surface area (Å²) >= 11 is 0. The molecule has 0 spiro atoms. The molecule has 1 rings (SSSR count). The molecule has 0 amide bonds. The van der Waals surface area contributed by atoms with Crippen LogP contribution in [0.4, 0.5) is 11.4 Å². The number of rotatable bonds is 5. The zero-order valence-corrected chi connectivity index (χ0v) is 9.99. The van der Waals surface area contributed by atoms with Gasteiger partial charge in [0, 0.05) is 23.4 Å². The van der Waals surface area contributed by atoms with E-state index in [0.29, 0.717) is 12.5 Å². The molecule has 0 saturated heterocycles. The van der Waals surface area contributed by atoms with Crippen LogP contribution in [0.5, 0.6) is 0 Å². The van der Waals surface area contributed by atoms with Crippen molar-refractivity contribution < 1.29 is 4.92 Å². The van der Waals surface area contributed by atoms with Crippen molar-refractivity contribution in [1.82, 2.24) is 0 Å². The van der Waals surface area contributed by atoms with Gasteiger partial charge in [-0.15, -0.1) is 0 Å². The molecule has 1 aromatic carbocycles. The van der Waals surface area contributed by atoms with E-state index in [9.17, 15) is 10.1 Å². The third kappa shape index (κ3) is 2.95. The highest BCUT2D eigenvalue weighted by Crippen LogP contribution is 2.24. The van der Waals surface area contributed by atoms with Crippen molar-refractivity contribution in [3.8, 4) is 0 Å². The number of hydrogen-bond donors (Lipinski definition) is 1. The zero-order chi connectivity index (χ0) is 12.1. The average Bonchev–Trinajstić information content (AvgIpc) is 2.28. The zero-order valence-electron chi connectivity index (χ0n) is 9.99. The summed E-state index contributed by atoms with van der Waals surface area (Å²) in [6, 6.07) is 5.67. The van der Waals surface area contributed by atoms with Gasteiger partial charge in [0.1, 0.15) is 0 Å². The highest BCUT2D eigenvalue weighted by Gasteiger charge is 2.13. The smallest absolute Gasteiger partial charge is 0.274 e. The molecule has 0 bridgehead atoms. The van der Waals surface area contributed by atoms with Crippen LogP contribution in [0.1, 0.15) is 32.8 Å². The molecule has 0 radical (unpaired) electrons. The Morgan fingerprint density at radius 1 is 1.44 bits per heavy atom. The molecule has 0 fully saturated rings. The molecule has 1 N–H and O–H groups in total. The molecule has 0 heterocycles. The molecule has 88 valence electrons. The van der Waals surface area contributed by atoms with E-state index in [4.69, 9.17) is 0 Å². The lowest BCUT2D eigenvalue weighted by Gasteiger charge is -2.13. The van der Waals surface area contributed by atoms with Crippen molar-refractivity contribution in [2.75, 3.05) is 5.32 Å². The fourth-order valence-corrected chi connectivity index (χ4v) is 1.51. The Morgan fingerprint density at radius 3 is 2.62 bits per heavy atom. The predicted molar refractivity (Wildman–Crippen MR) is 65.9 cm³/mol. The van der Waals surface area contributed by atoms with Gasteiger partial charge in [0.25, 0.3) is 5.69 Å². The van der Waals surface area contributed by atoms with Crippen molar-refractivity contribution in [2.24, 2.45) is 0 Å². The van der Waals surface area contributed by atoms with E-state index in [-0.39, 0.29) is 10.6 Å². The molecule has 0 aliphatic heterocycles. The van der Waals surface area contributed by atoms with Gasteiger partial charge in [-0.2, -0.15) is 0 Å². The Bertz CT molecular complexity index is 377. The molecule has 0 aromatic heterocycles. The third-order valence-electron chi connectivity index (χ3n) is 2.69. The van der Waals surface area contributed by atoms with Crippen LogP contribution in [0.3, 0.4) is 0 Å². The van der Waals surface area contributed by atoms with E-state index in [0.717, 1.165) is 17.7 Å². The monoisotopic (exact) mass is 222 g/mol. The number of anilines is 1. The Labute approximate surface area is 95.8 Å². The van der Waals surface area contributed by atoms with Crippen LogP contribution in [0.25, 0.3) is 0 Å². The van der Waals surface area contributed by atoms with Crippen LogP contribution in [0, 0.1) is 10.1 Å². The molecule has 1 aromatic rings. The summed E-state index contributed by atoms with van der Waals surface area (Å²) in [6.45, 7) is 6.05. The maximum absolute atomic E-state index is 10.9. The first-order valence-corrected chi connectivity index (χ1v) is 5.62. The first kappa shape index (κ1) is 12.5. The van der Waals surface area contributed by atoms with Crippen LogP contribution < -0.4 is 5.32 Å². The standard InChI is InChI=1S/C12H18N2O2/c1-4-9(3)13-11-7-6-10(5-2)12(8-11)14(15)16/h6-9,13H,4-5H2,1-3H3. The Morgan fingerprint density at radius 2 is 2.12 bits per heavy atom. The third-order valence-corrected chi connectivity index (χ3v) is 2.69. The minimum atomic E-state index is -0.319. The van der Waals surface area contributed by atoms with Crippen molar-refractivity contribution in [3.05, 3.63) is 33.9 Å². The van der Waals surface area contributed by atoms with Crippen LogP contribution in [0.2, 0.25) is 0 Å². The van der Waals surface area contributed by atoms with Crippen molar-refractivity contribution in [3.63, 3.8) is 0 Å². The summed E-state index contributed by atoms with van der Waals surface area (Å²) in [5.41, 5.74) is 1.80. The molecule has 1 unspecified atom stereocenters. The maximum Gasteiger partial charge on any atom is 0.274 e. The van der Waals surface area contributed by atoms with Crippen LogP contribution >= 0.6 is 0 Å². The largest absolute Gasteiger partial charge is 0.382 e. The number of nitrogens with zero attached hydrogens (tertiary/aromatic N) is 1. The highest BCUT2D eigenvalue weighted by molar-refractivity contribution is 5.55. The number of nitro benzene ring substituents is 1. The minimum Gasteiger partial charge on any atom is -0.382 e. The van der Waals surface area contributed by atoms with Gasteiger partial charge in [-0.3, -0.25) is 10.1 Å². The molecule has 0 aliphatic rings. The van der Waals surface area contributed by atoms with Gasteiger partial charge in [-0.1, -0.05) is 19.9 Å². The van der Waals surface area contributed by atoms with Gasteiger partial charge in [0.2, 0.25) is 0 Å². The number of benzene rings is 1. The lowest BCUT2D eigenvalue weighted by atomic mass is 10.1. The summed E-state index contributed by atoms with van der Waals surface area (Å²) in [6.07, 6.45) is 1.67. The number of nitrogens with one attached hydrogen (secondary N) is 1. The Kier molecular flexibility index (Phi) is 4.28. The van der Waals surface area contributed by atoms with Gasteiger partial charge >= 0.3 is 0 Å². The van der Waals surface area contributed by atoms with E-state index in [1.807, 2.05) is 19.1 Å². The fraction of sp³-hybridized carbons (Fsp3) is 0.500. The summed E-state index contributed by atoms with van der Waals surface area (Å²) in [4.78, 5) is 10.5. The quantitative estimate of drug-likeness (QED) is 0.613. The van der Waals surface area contributed by atoms with E-state index >= 15 is 0 Å². The van der Waals surface area contributed by atoms with E-state index < -0.39 is 0 Å². The normalized spacial score (nSPS) is 12.2. The second-order valence-electron chi connectivity index (χ2n) is 3.91. The SMILES string of the molecule is CCc1ccc(NC(C)CC)cc1[N+](=O)[O-]. The Balaban J connectivity index is 2.97. The second kappa shape index (κ2) is 5.49. The lowest BCUT2D eigenvalue weighted by Crippen LogP contribution is -2.13. The lowest BCUT2D eigenvalue weighted by molar-refractivity contribution is -0.385. The Hall–Kier alpha value is -1.58. The molecule has 0 saturated carbocycles. The van der Waals surface area contributed by atoms with Crippen molar-refractivity contribution in [2.45, 2.75) is 39.7 Å². The fourth-order valence-electron chi connectivity index (χ4n) is 1.51. The molecule has 0 aliphatic carbocycles. The average molecular weight is 222 g/mol. The number of nitro groups is 1. The van der Waals surface area contributed by atoms with Gasteiger partial charge in [0.15, 0.2) is 0 Å². The van der Waals surface area contributed by atoms with Gasteiger partial charge in [-0.25, -0.2) is 0 Å². The highest BCUT2D eigenvalue weighted by atomic mass is 16.6. The van der Waals surface area contributed by atoms with Gasteiger partial charge in [0.05, 0.1) is 4.92 Å². The topological polar surface area (TPSA) is 55.2 Å². The van der Waals surface area contributed by atoms with Gasteiger partial charge < -0.3 is 5.32 Å². The molecule has 16 heavy (non-hydrogen) atoms. The maximum atomic E-state index is 10.9. The van der Waals surface area contributed by atoms with Gasteiger partial charge in [-0.05, 0) is 25.8 Å². The van der Waals surface area contributed by atoms with E-state index in [1.165, 1.54) is 0 Å². The van der Waals surface area contributed by atoms with E-state index in [2.05, 4.69) is 19.2 Å². The number of hydrogen-bond acceptors (Lipinski definition) is 3. The van der Waals surface area contributed by atoms with Crippen LogP contribution in [-0.2, 0) is 6.42 Å². The molecule has 4 nitrogen and oxygen atoms in total. The molecular weight excluding hydrogens is 204 g/mol. The summed E-state index contributed by atoms with van der Waals surface area (Å²) in [5, 5.41) is 14.1. The van der Waals surface area contributed by atoms with Crippen LogP contribution in [0.15, 0.2) is 18.2 Å². The minimum absolute atomic E-state index is 0.204. The predicted octanol–water partition coefficient (Wildman–Crippen LogP) is 3.37. The first-order chi connectivity index (χ1) is 7.58.